The van der Waals surface area contributed by atoms with E-state index in [9.17, 15) is 4.79 Å². The molecular weight excluding hydrogens is 264 g/mol. The number of rotatable bonds is 4. The molecule has 2 aromatic rings. The van der Waals surface area contributed by atoms with Gasteiger partial charge in [0.15, 0.2) is 0 Å². The molecule has 0 spiro atoms. The summed E-state index contributed by atoms with van der Waals surface area (Å²) in [7, 11) is 0. The van der Waals surface area contributed by atoms with Gasteiger partial charge >= 0.3 is 0 Å². The second-order valence-corrected chi connectivity index (χ2v) is 5.67. The Hall–Kier alpha value is -2.17. The molecule has 0 unspecified atom stereocenters. The van der Waals surface area contributed by atoms with Crippen molar-refractivity contribution in [2.75, 3.05) is 6.54 Å². The van der Waals surface area contributed by atoms with E-state index < -0.39 is 0 Å². The van der Waals surface area contributed by atoms with Gasteiger partial charge in [0.25, 0.3) is 5.91 Å². The highest BCUT2D eigenvalue weighted by Crippen LogP contribution is 2.14. The first-order valence-electron chi connectivity index (χ1n) is 7.41. The first-order valence-corrected chi connectivity index (χ1v) is 7.41. The molecule has 1 N–H and O–H groups in total. The molecule has 1 amide bonds. The lowest BCUT2D eigenvalue weighted by atomic mass is 10.1. The maximum atomic E-state index is 12.2. The first-order chi connectivity index (χ1) is 10.1. The van der Waals surface area contributed by atoms with Crippen molar-refractivity contribution in [1.29, 1.82) is 0 Å². The molecule has 0 fully saturated rings. The standard InChI is InChI=1S/C16H20N4O/c1-11-8-12(2)10-13(9-11)16(21)17-6-5-15-19-18-14-4-3-7-20(14)15/h8-10H,3-7H2,1-2H3,(H,17,21). The highest BCUT2D eigenvalue weighted by atomic mass is 16.1. The predicted molar refractivity (Wildman–Crippen MR) is 80.3 cm³/mol. The van der Waals surface area contributed by atoms with Crippen LogP contribution in [-0.2, 0) is 19.4 Å². The number of amides is 1. The van der Waals surface area contributed by atoms with E-state index >= 15 is 0 Å². The van der Waals surface area contributed by atoms with Crippen molar-refractivity contribution >= 4 is 5.91 Å². The number of benzene rings is 1. The molecule has 110 valence electrons. The minimum atomic E-state index is -0.0250. The van der Waals surface area contributed by atoms with Crippen LogP contribution in [0.1, 0.15) is 39.6 Å². The fourth-order valence-electron chi connectivity index (χ4n) is 2.89. The molecule has 21 heavy (non-hydrogen) atoms. The van der Waals surface area contributed by atoms with Gasteiger partial charge in [-0.15, -0.1) is 10.2 Å². The highest BCUT2D eigenvalue weighted by Gasteiger charge is 2.17. The predicted octanol–water partition coefficient (Wildman–Crippen LogP) is 1.81. The van der Waals surface area contributed by atoms with E-state index in [2.05, 4.69) is 26.1 Å². The summed E-state index contributed by atoms with van der Waals surface area (Å²) in [6.07, 6.45) is 2.89. The maximum Gasteiger partial charge on any atom is 0.251 e. The van der Waals surface area contributed by atoms with Gasteiger partial charge in [-0.05, 0) is 32.4 Å². The molecule has 0 aliphatic carbocycles. The van der Waals surface area contributed by atoms with Crippen LogP contribution in [0.3, 0.4) is 0 Å². The minimum Gasteiger partial charge on any atom is -0.352 e. The monoisotopic (exact) mass is 284 g/mol. The lowest BCUT2D eigenvalue weighted by molar-refractivity contribution is 0.0953. The van der Waals surface area contributed by atoms with Crippen LogP contribution in [0.4, 0.5) is 0 Å². The van der Waals surface area contributed by atoms with Crippen LogP contribution in [0, 0.1) is 13.8 Å². The Kier molecular flexibility index (Phi) is 3.73. The van der Waals surface area contributed by atoms with Crippen molar-refractivity contribution < 1.29 is 4.79 Å². The van der Waals surface area contributed by atoms with Gasteiger partial charge in [-0.3, -0.25) is 4.79 Å². The molecule has 0 saturated heterocycles. The van der Waals surface area contributed by atoms with Crippen molar-refractivity contribution in [3.8, 4) is 0 Å². The summed E-state index contributed by atoms with van der Waals surface area (Å²) in [5.41, 5.74) is 2.94. The van der Waals surface area contributed by atoms with Gasteiger partial charge in [-0.2, -0.15) is 0 Å². The molecular formula is C16H20N4O. The second kappa shape index (κ2) is 5.68. The Morgan fingerprint density at radius 3 is 2.76 bits per heavy atom. The number of carbonyl (C=O) groups is 1. The van der Waals surface area contributed by atoms with E-state index in [1.54, 1.807) is 0 Å². The van der Waals surface area contributed by atoms with Gasteiger partial charge in [-0.1, -0.05) is 17.2 Å². The van der Waals surface area contributed by atoms with Crippen molar-refractivity contribution in [3.63, 3.8) is 0 Å². The van der Waals surface area contributed by atoms with Crippen molar-refractivity contribution in [1.82, 2.24) is 20.1 Å². The number of hydrogen-bond donors (Lipinski definition) is 1. The summed E-state index contributed by atoms with van der Waals surface area (Å²) in [4.78, 5) is 12.2. The SMILES string of the molecule is Cc1cc(C)cc(C(=O)NCCc2nnc3n2CCC3)c1. The van der Waals surface area contributed by atoms with Crippen LogP contribution in [0.25, 0.3) is 0 Å². The van der Waals surface area contributed by atoms with Gasteiger partial charge in [-0.25, -0.2) is 0 Å². The minimum absolute atomic E-state index is 0.0250. The normalized spacial score (nSPS) is 13.2. The van der Waals surface area contributed by atoms with Crippen molar-refractivity contribution in [3.05, 3.63) is 46.5 Å². The summed E-state index contributed by atoms with van der Waals surface area (Å²) in [5, 5.41) is 11.3. The summed E-state index contributed by atoms with van der Waals surface area (Å²) in [5.74, 6) is 2.02. The van der Waals surface area contributed by atoms with Gasteiger partial charge in [0, 0.05) is 31.5 Å². The number of fused-ring (bicyclic) bond motifs is 1. The number of hydrogen-bond acceptors (Lipinski definition) is 3. The van der Waals surface area contributed by atoms with E-state index in [0.29, 0.717) is 6.54 Å². The van der Waals surface area contributed by atoms with Gasteiger partial charge in [0.05, 0.1) is 0 Å². The zero-order chi connectivity index (χ0) is 14.8. The molecule has 3 rings (SSSR count). The average molecular weight is 284 g/mol. The molecule has 1 aromatic carbocycles. The average Bonchev–Trinajstić information content (AvgIpc) is 3.02. The summed E-state index contributed by atoms with van der Waals surface area (Å²) < 4.78 is 2.17. The number of nitrogens with one attached hydrogen (secondary N) is 1. The van der Waals surface area contributed by atoms with Crippen molar-refractivity contribution in [2.45, 2.75) is 39.7 Å². The van der Waals surface area contributed by atoms with E-state index in [-0.39, 0.29) is 5.91 Å². The van der Waals surface area contributed by atoms with Crippen LogP contribution >= 0.6 is 0 Å². The third-order valence-corrected chi connectivity index (χ3v) is 3.80. The largest absolute Gasteiger partial charge is 0.352 e. The quantitative estimate of drug-likeness (QED) is 0.931. The number of carbonyl (C=O) groups excluding carboxylic acids is 1. The summed E-state index contributed by atoms with van der Waals surface area (Å²) >= 11 is 0. The molecule has 1 aliphatic heterocycles. The van der Waals surface area contributed by atoms with Crippen LogP contribution in [0.5, 0.6) is 0 Å². The third-order valence-electron chi connectivity index (χ3n) is 3.80. The van der Waals surface area contributed by atoms with Gasteiger partial charge < -0.3 is 9.88 Å². The molecule has 0 radical (unpaired) electrons. The third kappa shape index (κ3) is 2.96. The molecule has 5 heteroatoms. The number of nitrogens with zero attached hydrogens (tertiary/aromatic N) is 3. The Morgan fingerprint density at radius 1 is 1.24 bits per heavy atom. The highest BCUT2D eigenvalue weighted by molar-refractivity contribution is 5.94. The van der Waals surface area contributed by atoms with Crippen LogP contribution in [0.15, 0.2) is 18.2 Å². The topological polar surface area (TPSA) is 59.8 Å². The summed E-state index contributed by atoms with van der Waals surface area (Å²) in [6, 6.07) is 5.89. The van der Waals surface area contributed by atoms with E-state index in [4.69, 9.17) is 0 Å². The fraction of sp³-hybridized carbons (Fsp3) is 0.438. The zero-order valence-corrected chi connectivity index (χ0v) is 12.5. The fourth-order valence-corrected chi connectivity index (χ4v) is 2.89. The summed E-state index contributed by atoms with van der Waals surface area (Å²) in [6.45, 7) is 5.60. The molecule has 0 saturated carbocycles. The van der Waals surface area contributed by atoms with Gasteiger partial charge in [0.2, 0.25) is 0 Å². The lowest BCUT2D eigenvalue weighted by Crippen LogP contribution is -2.26. The molecule has 1 aromatic heterocycles. The molecule has 0 atom stereocenters. The number of aryl methyl sites for hydroxylation is 3. The van der Waals surface area contributed by atoms with E-state index in [0.717, 1.165) is 54.1 Å². The molecule has 2 heterocycles. The Bertz CT molecular complexity index is 655. The Balaban J connectivity index is 1.58. The molecule has 5 nitrogen and oxygen atoms in total. The maximum absolute atomic E-state index is 12.2. The first kappa shape index (κ1) is 13.8. The van der Waals surface area contributed by atoms with Crippen LogP contribution < -0.4 is 5.32 Å². The number of aromatic nitrogens is 3. The van der Waals surface area contributed by atoms with E-state index in [1.807, 2.05) is 26.0 Å². The Labute approximate surface area is 124 Å². The molecule has 0 bridgehead atoms. The zero-order valence-electron chi connectivity index (χ0n) is 12.5. The second-order valence-electron chi connectivity index (χ2n) is 5.67. The Morgan fingerprint density at radius 2 is 2.00 bits per heavy atom. The lowest BCUT2D eigenvalue weighted by Gasteiger charge is -2.07. The van der Waals surface area contributed by atoms with Crippen molar-refractivity contribution in [2.24, 2.45) is 0 Å². The van der Waals surface area contributed by atoms with Crippen LogP contribution in [-0.4, -0.2) is 27.2 Å². The van der Waals surface area contributed by atoms with Crippen LogP contribution in [0.2, 0.25) is 0 Å². The molecule has 1 aliphatic rings. The smallest absolute Gasteiger partial charge is 0.251 e. The van der Waals surface area contributed by atoms with Gasteiger partial charge in [0.1, 0.15) is 11.6 Å². The van der Waals surface area contributed by atoms with E-state index in [1.165, 1.54) is 0 Å².